The summed E-state index contributed by atoms with van der Waals surface area (Å²) >= 11 is 11.5. The van der Waals surface area contributed by atoms with E-state index in [4.69, 9.17) is 27.9 Å². The van der Waals surface area contributed by atoms with Gasteiger partial charge in [-0.1, -0.05) is 24.2 Å². The highest BCUT2D eigenvalue weighted by Gasteiger charge is 2.01. The SMILES string of the molecule is C=C(CCl)COc1ccc(C)cc1Cl. The molecule has 0 radical (unpaired) electrons. The zero-order chi connectivity index (χ0) is 10.6. The lowest BCUT2D eigenvalue weighted by atomic mass is 10.2. The fraction of sp³-hybridized carbons (Fsp3) is 0.273. The summed E-state index contributed by atoms with van der Waals surface area (Å²) in [5.74, 6) is 1.08. The Morgan fingerprint density at radius 1 is 1.50 bits per heavy atom. The van der Waals surface area contributed by atoms with E-state index >= 15 is 0 Å². The molecule has 0 saturated carbocycles. The maximum absolute atomic E-state index is 5.97. The van der Waals surface area contributed by atoms with E-state index in [1.807, 2.05) is 25.1 Å². The van der Waals surface area contributed by atoms with Crippen molar-refractivity contribution in [1.29, 1.82) is 0 Å². The van der Waals surface area contributed by atoms with Crippen molar-refractivity contribution in [3.63, 3.8) is 0 Å². The third-order valence-electron chi connectivity index (χ3n) is 1.71. The minimum Gasteiger partial charge on any atom is -0.488 e. The van der Waals surface area contributed by atoms with E-state index < -0.39 is 0 Å². The molecule has 0 amide bonds. The van der Waals surface area contributed by atoms with Crippen LogP contribution in [-0.2, 0) is 0 Å². The van der Waals surface area contributed by atoms with Gasteiger partial charge in [-0.05, 0) is 30.2 Å². The maximum Gasteiger partial charge on any atom is 0.138 e. The molecule has 3 heteroatoms. The van der Waals surface area contributed by atoms with Gasteiger partial charge in [0, 0.05) is 5.88 Å². The maximum atomic E-state index is 5.97. The third-order valence-corrected chi connectivity index (χ3v) is 2.38. The molecule has 0 unspecified atom stereocenters. The monoisotopic (exact) mass is 230 g/mol. The Labute approximate surface area is 94.3 Å². The van der Waals surface area contributed by atoms with Gasteiger partial charge >= 0.3 is 0 Å². The van der Waals surface area contributed by atoms with Crippen molar-refractivity contribution in [2.45, 2.75) is 6.92 Å². The predicted octanol–water partition coefficient (Wildman–Crippen LogP) is 3.82. The van der Waals surface area contributed by atoms with E-state index in [0.29, 0.717) is 23.3 Å². The van der Waals surface area contributed by atoms with Crippen molar-refractivity contribution in [3.05, 3.63) is 40.9 Å². The molecule has 76 valence electrons. The first-order valence-electron chi connectivity index (χ1n) is 4.25. The lowest BCUT2D eigenvalue weighted by Gasteiger charge is -2.08. The summed E-state index contributed by atoms with van der Waals surface area (Å²) in [5, 5.41) is 0.618. The van der Waals surface area contributed by atoms with Crippen molar-refractivity contribution in [2.75, 3.05) is 12.5 Å². The lowest BCUT2D eigenvalue weighted by Crippen LogP contribution is -2.01. The summed E-state index contributed by atoms with van der Waals surface area (Å²) < 4.78 is 5.43. The molecule has 0 aliphatic carbocycles. The molecule has 14 heavy (non-hydrogen) atoms. The normalized spacial score (nSPS) is 9.93. The van der Waals surface area contributed by atoms with Crippen LogP contribution in [0, 0.1) is 6.92 Å². The smallest absolute Gasteiger partial charge is 0.138 e. The minimum absolute atomic E-state index is 0.406. The average molecular weight is 231 g/mol. The van der Waals surface area contributed by atoms with Crippen LogP contribution >= 0.6 is 23.2 Å². The van der Waals surface area contributed by atoms with Crippen LogP contribution in [0.1, 0.15) is 5.56 Å². The molecule has 1 rings (SSSR count). The largest absolute Gasteiger partial charge is 0.488 e. The van der Waals surface area contributed by atoms with Crippen LogP contribution < -0.4 is 4.74 Å². The first-order chi connectivity index (χ1) is 6.63. The molecule has 0 aliphatic rings. The predicted molar refractivity (Wildman–Crippen MR) is 61.5 cm³/mol. The van der Waals surface area contributed by atoms with Gasteiger partial charge in [0.1, 0.15) is 12.4 Å². The molecular formula is C11H12Cl2O. The summed E-state index contributed by atoms with van der Waals surface area (Å²) in [5.41, 5.74) is 1.95. The van der Waals surface area contributed by atoms with Crippen LogP contribution in [0.15, 0.2) is 30.4 Å². The Bertz CT molecular complexity index is 334. The van der Waals surface area contributed by atoms with Gasteiger partial charge in [0.05, 0.1) is 5.02 Å². The number of rotatable bonds is 4. The van der Waals surface area contributed by atoms with Gasteiger partial charge < -0.3 is 4.74 Å². The summed E-state index contributed by atoms with van der Waals surface area (Å²) in [6.45, 7) is 6.12. The highest BCUT2D eigenvalue weighted by Crippen LogP contribution is 2.25. The molecule has 0 N–H and O–H groups in total. The van der Waals surface area contributed by atoms with Gasteiger partial charge in [-0.2, -0.15) is 0 Å². The molecule has 0 heterocycles. The highest BCUT2D eigenvalue weighted by molar-refractivity contribution is 6.32. The second-order valence-corrected chi connectivity index (χ2v) is 3.78. The molecule has 0 bridgehead atoms. The van der Waals surface area contributed by atoms with Crippen molar-refractivity contribution in [1.82, 2.24) is 0 Å². The molecular weight excluding hydrogens is 219 g/mol. The number of halogens is 2. The fourth-order valence-corrected chi connectivity index (χ4v) is 1.31. The van der Waals surface area contributed by atoms with Crippen LogP contribution in [0.5, 0.6) is 5.75 Å². The Hall–Kier alpha value is -0.660. The van der Waals surface area contributed by atoms with Crippen LogP contribution in [0.4, 0.5) is 0 Å². The van der Waals surface area contributed by atoms with E-state index in [1.165, 1.54) is 0 Å². The number of hydrogen-bond acceptors (Lipinski definition) is 1. The Morgan fingerprint density at radius 3 is 2.79 bits per heavy atom. The van der Waals surface area contributed by atoms with Gasteiger partial charge in [-0.15, -0.1) is 11.6 Å². The first kappa shape index (κ1) is 11.4. The first-order valence-corrected chi connectivity index (χ1v) is 5.16. The van der Waals surface area contributed by atoms with Crippen LogP contribution in [-0.4, -0.2) is 12.5 Å². The van der Waals surface area contributed by atoms with Crippen molar-refractivity contribution in [2.24, 2.45) is 0 Å². The van der Waals surface area contributed by atoms with Crippen LogP contribution in [0.25, 0.3) is 0 Å². The summed E-state index contributed by atoms with van der Waals surface area (Å²) in [7, 11) is 0. The summed E-state index contributed by atoms with van der Waals surface area (Å²) in [4.78, 5) is 0. The standard InChI is InChI=1S/C11H12Cl2O/c1-8-3-4-11(10(13)5-8)14-7-9(2)6-12/h3-5H,2,6-7H2,1H3. The van der Waals surface area contributed by atoms with E-state index in [-0.39, 0.29) is 0 Å². The fourth-order valence-electron chi connectivity index (χ4n) is 0.941. The quantitative estimate of drug-likeness (QED) is 0.565. The number of hydrogen-bond donors (Lipinski definition) is 0. The van der Waals surface area contributed by atoms with Crippen LogP contribution in [0.2, 0.25) is 5.02 Å². The third kappa shape index (κ3) is 3.24. The van der Waals surface area contributed by atoms with E-state index in [9.17, 15) is 0 Å². The van der Waals surface area contributed by atoms with Crippen molar-refractivity contribution < 1.29 is 4.74 Å². The number of benzene rings is 1. The minimum atomic E-state index is 0.406. The van der Waals surface area contributed by atoms with Crippen molar-refractivity contribution in [3.8, 4) is 5.75 Å². The number of alkyl halides is 1. The molecule has 1 aromatic carbocycles. The van der Waals surface area contributed by atoms with Gasteiger partial charge in [0.25, 0.3) is 0 Å². The molecule has 0 spiro atoms. The topological polar surface area (TPSA) is 9.23 Å². The molecule has 0 fully saturated rings. The highest BCUT2D eigenvalue weighted by atomic mass is 35.5. The zero-order valence-electron chi connectivity index (χ0n) is 8.02. The van der Waals surface area contributed by atoms with E-state index in [1.54, 1.807) is 0 Å². The van der Waals surface area contributed by atoms with Gasteiger partial charge in [0.2, 0.25) is 0 Å². The van der Waals surface area contributed by atoms with Crippen LogP contribution in [0.3, 0.4) is 0 Å². The van der Waals surface area contributed by atoms with Crippen molar-refractivity contribution >= 4 is 23.2 Å². The second-order valence-electron chi connectivity index (χ2n) is 3.11. The zero-order valence-corrected chi connectivity index (χ0v) is 9.53. The summed E-state index contributed by atoms with van der Waals surface area (Å²) in [6.07, 6.45) is 0. The lowest BCUT2D eigenvalue weighted by molar-refractivity contribution is 0.353. The number of aryl methyl sites for hydroxylation is 1. The number of ether oxygens (including phenoxy) is 1. The second kappa shape index (κ2) is 5.28. The van der Waals surface area contributed by atoms with Gasteiger partial charge in [-0.3, -0.25) is 0 Å². The Kier molecular flexibility index (Phi) is 4.30. The average Bonchev–Trinajstić information content (AvgIpc) is 2.16. The molecule has 0 atom stereocenters. The van der Waals surface area contributed by atoms with Gasteiger partial charge in [-0.25, -0.2) is 0 Å². The van der Waals surface area contributed by atoms with E-state index in [0.717, 1.165) is 11.1 Å². The molecule has 1 aromatic rings. The summed E-state index contributed by atoms with van der Waals surface area (Å²) in [6, 6.07) is 5.66. The van der Waals surface area contributed by atoms with Gasteiger partial charge in [0.15, 0.2) is 0 Å². The Balaban J connectivity index is 2.63. The molecule has 0 aliphatic heterocycles. The molecule has 0 saturated heterocycles. The van der Waals surface area contributed by atoms with E-state index in [2.05, 4.69) is 6.58 Å². The molecule has 1 nitrogen and oxygen atoms in total. The molecule has 0 aromatic heterocycles. The Morgan fingerprint density at radius 2 is 2.21 bits per heavy atom.